The lowest BCUT2D eigenvalue weighted by molar-refractivity contribution is -0.119. The van der Waals surface area contributed by atoms with E-state index in [9.17, 15) is 4.79 Å². The first-order valence-corrected chi connectivity index (χ1v) is 6.62. The lowest BCUT2D eigenvalue weighted by atomic mass is 10.2. The molecule has 2 aromatic rings. The normalized spacial score (nSPS) is 10.9. The maximum absolute atomic E-state index is 11.6. The number of benzene rings is 1. The summed E-state index contributed by atoms with van der Waals surface area (Å²) < 4.78 is 8.30. The zero-order chi connectivity index (χ0) is 13.1. The minimum atomic E-state index is -0.0822. The molecule has 0 saturated heterocycles. The van der Waals surface area contributed by atoms with Gasteiger partial charge in [-0.25, -0.2) is 0 Å². The molecule has 5 nitrogen and oxygen atoms in total. The fourth-order valence-corrected chi connectivity index (χ4v) is 2.30. The Balaban J connectivity index is 2.14. The summed E-state index contributed by atoms with van der Waals surface area (Å²) in [7, 11) is 0. The molecule has 0 spiro atoms. The molecule has 7 heteroatoms. The molecule has 96 valence electrons. The highest BCUT2D eigenvalue weighted by Gasteiger charge is 2.11. The Kier molecular flexibility index (Phi) is 3.98. The van der Waals surface area contributed by atoms with Crippen LogP contribution in [0, 0.1) is 0 Å². The molecule has 0 aliphatic heterocycles. The average Bonchev–Trinajstić information content (AvgIpc) is 2.74. The minimum absolute atomic E-state index is 0.0822. The summed E-state index contributed by atoms with van der Waals surface area (Å²) in [6, 6.07) is 3.67. The molecule has 2 N–H and O–H groups in total. The fraction of sp³-hybridized carbons (Fsp3) is 0.364. The summed E-state index contributed by atoms with van der Waals surface area (Å²) in [5.41, 5.74) is 2.13. The van der Waals surface area contributed by atoms with E-state index in [4.69, 9.17) is 11.6 Å². The van der Waals surface area contributed by atoms with E-state index in [-0.39, 0.29) is 18.5 Å². The Labute approximate surface area is 114 Å². The van der Waals surface area contributed by atoms with E-state index >= 15 is 0 Å². The van der Waals surface area contributed by atoms with Gasteiger partial charge < -0.3 is 10.6 Å². The molecular weight excluding hydrogens is 272 g/mol. The Morgan fingerprint density at radius 1 is 1.44 bits per heavy atom. The van der Waals surface area contributed by atoms with Crippen molar-refractivity contribution in [3.05, 3.63) is 17.2 Å². The molecular formula is C11H13ClN4OS. The standard InChI is InChI=1S/C11H13ClN4OS/c1-6(2)14-9(17)5-13-10-7(12)3-4-8-11(10)16-18-15-8/h3-4,6,13H,5H2,1-2H3,(H,14,17). The van der Waals surface area contributed by atoms with E-state index in [1.165, 1.54) is 0 Å². The lowest BCUT2D eigenvalue weighted by Gasteiger charge is -2.11. The average molecular weight is 285 g/mol. The summed E-state index contributed by atoms with van der Waals surface area (Å²) in [5.74, 6) is -0.0822. The first kappa shape index (κ1) is 13.0. The Bertz CT molecular complexity index is 569. The van der Waals surface area contributed by atoms with Crippen LogP contribution in [0.15, 0.2) is 12.1 Å². The minimum Gasteiger partial charge on any atom is -0.373 e. The smallest absolute Gasteiger partial charge is 0.239 e. The van der Waals surface area contributed by atoms with Gasteiger partial charge in [-0.3, -0.25) is 4.79 Å². The van der Waals surface area contributed by atoms with Crippen molar-refractivity contribution in [3.63, 3.8) is 0 Å². The van der Waals surface area contributed by atoms with E-state index in [1.807, 2.05) is 13.8 Å². The van der Waals surface area contributed by atoms with Crippen molar-refractivity contribution < 1.29 is 4.79 Å². The van der Waals surface area contributed by atoms with Crippen LogP contribution >= 0.6 is 23.3 Å². The van der Waals surface area contributed by atoms with Crippen LogP contribution in [-0.4, -0.2) is 27.2 Å². The number of halogens is 1. The lowest BCUT2D eigenvalue weighted by Crippen LogP contribution is -2.34. The quantitative estimate of drug-likeness (QED) is 0.904. The molecule has 0 aliphatic carbocycles. The van der Waals surface area contributed by atoms with E-state index in [0.29, 0.717) is 16.2 Å². The second-order valence-corrected chi connectivity index (χ2v) is 5.07. The van der Waals surface area contributed by atoms with Crippen LogP contribution in [-0.2, 0) is 4.79 Å². The number of hydrogen-bond acceptors (Lipinski definition) is 5. The van der Waals surface area contributed by atoms with Gasteiger partial charge in [-0.2, -0.15) is 8.75 Å². The number of anilines is 1. The highest BCUT2D eigenvalue weighted by molar-refractivity contribution is 7.00. The summed E-state index contributed by atoms with van der Waals surface area (Å²) in [5, 5.41) is 6.34. The van der Waals surface area contributed by atoms with Gasteiger partial charge in [0, 0.05) is 6.04 Å². The molecule has 0 saturated carbocycles. The molecule has 18 heavy (non-hydrogen) atoms. The molecule has 0 radical (unpaired) electrons. The van der Waals surface area contributed by atoms with Gasteiger partial charge in [0.1, 0.15) is 11.0 Å². The summed E-state index contributed by atoms with van der Waals surface area (Å²) >= 11 is 7.21. The number of nitrogens with one attached hydrogen (secondary N) is 2. The zero-order valence-electron chi connectivity index (χ0n) is 10.0. The molecule has 1 amide bonds. The first-order valence-electron chi connectivity index (χ1n) is 5.52. The zero-order valence-corrected chi connectivity index (χ0v) is 11.6. The molecule has 0 bridgehead atoms. The number of nitrogens with zero attached hydrogens (tertiary/aromatic N) is 2. The van der Waals surface area contributed by atoms with Crippen LogP contribution in [0.2, 0.25) is 5.02 Å². The van der Waals surface area contributed by atoms with Crippen LogP contribution in [0.3, 0.4) is 0 Å². The predicted molar refractivity (Wildman–Crippen MR) is 74.2 cm³/mol. The summed E-state index contributed by atoms with van der Waals surface area (Å²) in [6.07, 6.45) is 0. The number of hydrogen-bond donors (Lipinski definition) is 2. The molecule has 2 rings (SSSR count). The molecule has 0 unspecified atom stereocenters. The Hall–Kier alpha value is -1.40. The number of carbonyl (C=O) groups is 1. The van der Waals surface area contributed by atoms with E-state index < -0.39 is 0 Å². The number of aromatic nitrogens is 2. The van der Waals surface area contributed by atoms with Crippen LogP contribution in [0.1, 0.15) is 13.8 Å². The second kappa shape index (κ2) is 5.49. The molecule has 0 fully saturated rings. The van der Waals surface area contributed by atoms with Crippen LogP contribution in [0.25, 0.3) is 11.0 Å². The van der Waals surface area contributed by atoms with Crippen LogP contribution < -0.4 is 10.6 Å². The van der Waals surface area contributed by atoms with Crippen molar-refractivity contribution in [2.24, 2.45) is 0 Å². The number of amides is 1. The largest absolute Gasteiger partial charge is 0.373 e. The van der Waals surface area contributed by atoms with E-state index in [1.54, 1.807) is 12.1 Å². The maximum Gasteiger partial charge on any atom is 0.239 e. The second-order valence-electron chi connectivity index (χ2n) is 4.13. The van der Waals surface area contributed by atoms with E-state index in [0.717, 1.165) is 17.2 Å². The number of rotatable bonds is 4. The van der Waals surface area contributed by atoms with Crippen LogP contribution in [0.4, 0.5) is 5.69 Å². The van der Waals surface area contributed by atoms with Gasteiger partial charge in [-0.1, -0.05) is 11.6 Å². The molecule has 1 heterocycles. The van der Waals surface area contributed by atoms with E-state index in [2.05, 4.69) is 19.4 Å². The van der Waals surface area contributed by atoms with Gasteiger partial charge in [-0.05, 0) is 26.0 Å². The summed E-state index contributed by atoms with van der Waals surface area (Å²) in [4.78, 5) is 11.6. The van der Waals surface area contributed by atoms with Crippen molar-refractivity contribution in [3.8, 4) is 0 Å². The van der Waals surface area contributed by atoms with Crippen molar-refractivity contribution in [1.82, 2.24) is 14.1 Å². The monoisotopic (exact) mass is 284 g/mol. The molecule has 0 atom stereocenters. The van der Waals surface area contributed by atoms with Crippen molar-refractivity contribution in [2.75, 3.05) is 11.9 Å². The molecule has 1 aromatic heterocycles. The number of carbonyl (C=O) groups excluding carboxylic acids is 1. The predicted octanol–water partition coefficient (Wildman–Crippen LogP) is 2.28. The van der Waals surface area contributed by atoms with Gasteiger partial charge in [0.05, 0.1) is 29.0 Å². The third kappa shape index (κ3) is 2.88. The third-order valence-corrected chi connectivity index (χ3v) is 3.11. The van der Waals surface area contributed by atoms with Gasteiger partial charge in [0.2, 0.25) is 5.91 Å². The first-order chi connectivity index (χ1) is 8.58. The van der Waals surface area contributed by atoms with Crippen molar-refractivity contribution in [2.45, 2.75) is 19.9 Å². The topological polar surface area (TPSA) is 66.9 Å². The SMILES string of the molecule is CC(C)NC(=O)CNc1c(Cl)ccc2nsnc12. The van der Waals surface area contributed by atoms with Gasteiger partial charge >= 0.3 is 0 Å². The van der Waals surface area contributed by atoms with Gasteiger partial charge in [-0.15, -0.1) is 0 Å². The van der Waals surface area contributed by atoms with Crippen molar-refractivity contribution in [1.29, 1.82) is 0 Å². The third-order valence-electron chi connectivity index (χ3n) is 2.25. The van der Waals surface area contributed by atoms with Gasteiger partial charge in [0.15, 0.2) is 0 Å². The highest BCUT2D eigenvalue weighted by atomic mass is 35.5. The molecule has 0 aliphatic rings. The maximum atomic E-state index is 11.6. The summed E-state index contributed by atoms with van der Waals surface area (Å²) in [6.45, 7) is 3.99. The number of fused-ring (bicyclic) bond motifs is 1. The van der Waals surface area contributed by atoms with Gasteiger partial charge in [0.25, 0.3) is 0 Å². The Morgan fingerprint density at radius 3 is 2.94 bits per heavy atom. The highest BCUT2D eigenvalue weighted by Crippen LogP contribution is 2.29. The Morgan fingerprint density at radius 2 is 2.22 bits per heavy atom. The molecule has 1 aromatic carbocycles. The fourth-order valence-electron chi connectivity index (χ4n) is 1.54. The van der Waals surface area contributed by atoms with Crippen LogP contribution in [0.5, 0.6) is 0 Å². The van der Waals surface area contributed by atoms with Crippen molar-refractivity contribution >= 4 is 46.0 Å².